The van der Waals surface area contributed by atoms with E-state index in [4.69, 9.17) is 46.4 Å². The number of esters is 1. The van der Waals surface area contributed by atoms with E-state index in [1.807, 2.05) is 0 Å². The summed E-state index contributed by atoms with van der Waals surface area (Å²) in [5.74, 6) is -0.701. The number of ether oxygens (including phenoxy) is 1. The van der Waals surface area contributed by atoms with Crippen molar-refractivity contribution in [2.24, 2.45) is 0 Å². The van der Waals surface area contributed by atoms with Gasteiger partial charge in [-0.3, -0.25) is 0 Å². The molecule has 0 spiro atoms. The van der Waals surface area contributed by atoms with Crippen molar-refractivity contribution < 1.29 is 9.53 Å². The van der Waals surface area contributed by atoms with Crippen LogP contribution in [-0.2, 0) is 9.53 Å². The first-order chi connectivity index (χ1) is 5.69. The third-order valence-electron chi connectivity index (χ3n) is 1.36. The highest BCUT2D eigenvalue weighted by atomic mass is 35.5. The van der Waals surface area contributed by atoms with Crippen molar-refractivity contribution >= 4 is 52.4 Å². The fourth-order valence-corrected chi connectivity index (χ4v) is 1.16. The van der Waals surface area contributed by atoms with Crippen LogP contribution in [-0.4, -0.2) is 21.7 Å². The van der Waals surface area contributed by atoms with E-state index >= 15 is 0 Å². The molecule has 0 fully saturated rings. The average Bonchev–Trinajstić information content (AvgIpc) is 1.98. The smallest absolute Gasteiger partial charge is 0.342 e. The van der Waals surface area contributed by atoms with Gasteiger partial charge in [0.2, 0.25) is 4.33 Å². The Hall–Kier alpha value is 0.630. The maximum absolute atomic E-state index is 11.0. The SMILES string of the molecule is COC(=O)C(Cl)(Cl)CCC(C)(Cl)Cl. The molecular weight excluding hydrogens is 258 g/mol. The molecule has 2 nitrogen and oxygen atoms in total. The predicted octanol–water partition coefficient (Wildman–Crippen LogP) is 3.31. The van der Waals surface area contributed by atoms with Gasteiger partial charge in [-0.05, 0) is 19.8 Å². The highest BCUT2D eigenvalue weighted by Crippen LogP contribution is 2.34. The Morgan fingerprint density at radius 1 is 1.23 bits per heavy atom. The Labute approximate surface area is 97.4 Å². The van der Waals surface area contributed by atoms with Crippen molar-refractivity contribution in [1.82, 2.24) is 0 Å². The molecule has 0 saturated carbocycles. The van der Waals surface area contributed by atoms with Crippen LogP contribution in [0.25, 0.3) is 0 Å². The normalized spacial score (nSPS) is 12.8. The number of rotatable bonds is 4. The molecule has 0 atom stereocenters. The van der Waals surface area contributed by atoms with Crippen LogP contribution in [0, 0.1) is 0 Å². The first-order valence-electron chi connectivity index (χ1n) is 3.53. The number of hydrogen-bond donors (Lipinski definition) is 0. The summed E-state index contributed by atoms with van der Waals surface area (Å²) in [6.45, 7) is 1.59. The Bertz CT molecular complexity index is 185. The van der Waals surface area contributed by atoms with Crippen molar-refractivity contribution in [1.29, 1.82) is 0 Å². The first-order valence-corrected chi connectivity index (χ1v) is 5.04. The molecule has 0 aliphatic carbocycles. The van der Waals surface area contributed by atoms with Gasteiger partial charge in [0, 0.05) is 0 Å². The van der Waals surface area contributed by atoms with Gasteiger partial charge in [-0.25, -0.2) is 4.79 Å². The van der Waals surface area contributed by atoms with Crippen LogP contribution in [0.3, 0.4) is 0 Å². The van der Waals surface area contributed by atoms with E-state index in [-0.39, 0.29) is 6.42 Å². The number of carbonyl (C=O) groups is 1. The van der Waals surface area contributed by atoms with Crippen molar-refractivity contribution in [2.45, 2.75) is 28.4 Å². The predicted molar refractivity (Wildman–Crippen MR) is 55.8 cm³/mol. The van der Waals surface area contributed by atoms with Gasteiger partial charge in [0.1, 0.15) is 4.33 Å². The molecule has 0 aromatic heterocycles. The summed E-state index contributed by atoms with van der Waals surface area (Å²) in [5, 5.41) is 0. The van der Waals surface area contributed by atoms with E-state index in [1.54, 1.807) is 6.92 Å². The van der Waals surface area contributed by atoms with Crippen molar-refractivity contribution in [2.75, 3.05) is 7.11 Å². The molecular formula is C7H10Cl4O2. The van der Waals surface area contributed by atoms with E-state index in [0.717, 1.165) is 0 Å². The van der Waals surface area contributed by atoms with Crippen molar-refractivity contribution in [3.8, 4) is 0 Å². The number of hydrogen-bond acceptors (Lipinski definition) is 2. The lowest BCUT2D eigenvalue weighted by molar-refractivity contribution is -0.141. The average molecular weight is 268 g/mol. The van der Waals surface area contributed by atoms with Gasteiger partial charge >= 0.3 is 5.97 Å². The molecule has 0 rings (SSSR count). The second kappa shape index (κ2) is 4.92. The van der Waals surface area contributed by atoms with Crippen molar-refractivity contribution in [3.05, 3.63) is 0 Å². The summed E-state index contributed by atoms with van der Waals surface area (Å²) in [4.78, 5) is 11.0. The van der Waals surface area contributed by atoms with E-state index in [9.17, 15) is 4.79 Å². The molecule has 0 aliphatic rings. The third kappa shape index (κ3) is 5.84. The molecule has 0 unspecified atom stereocenters. The molecule has 0 saturated heterocycles. The molecule has 78 valence electrons. The van der Waals surface area contributed by atoms with Crippen LogP contribution in [0.1, 0.15) is 19.8 Å². The fourth-order valence-electron chi connectivity index (χ4n) is 0.628. The summed E-state index contributed by atoms with van der Waals surface area (Å²) in [6.07, 6.45) is 0.449. The van der Waals surface area contributed by atoms with Gasteiger partial charge < -0.3 is 4.74 Å². The summed E-state index contributed by atoms with van der Waals surface area (Å²) in [6, 6.07) is 0. The maximum atomic E-state index is 11.0. The summed E-state index contributed by atoms with van der Waals surface area (Å²) in [5.41, 5.74) is 0. The van der Waals surface area contributed by atoms with Gasteiger partial charge in [-0.2, -0.15) is 0 Å². The summed E-state index contributed by atoms with van der Waals surface area (Å²) >= 11 is 22.7. The van der Waals surface area contributed by atoms with E-state index in [0.29, 0.717) is 6.42 Å². The molecule has 0 radical (unpaired) electrons. The highest BCUT2D eigenvalue weighted by Gasteiger charge is 2.36. The number of carbonyl (C=O) groups excluding carboxylic acids is 1. The Morgan fingerprint density at radius 2 is 1.69 bits per heavy atom. The van der Waals surface area contributed by atoms with E-state index < -0.39 is 14.6 Å². The number of halogens is 4. The minimum atomic E-state index is -1.57. The maximum Gasteiger partial charge on any atom is 0.342 e. The van der Waals surface area contributed by atoms with Crippen LogP contribution in [0.15, 0.2) is 0 Å². The molecule has 0 bridgehead atoms. The largest absolute Gasteiger partial charge is 0.467 e. The fraction of sp³-hybridized carbons (Fsp3) is 0.857. The Kier molecular flexibility index (Phi) is 5.16. The molecule has 0 amide bonds. The zero-order chi connectivity index (χ0) is 10.7. The molecule has 0 N–H and O–H groups in total. The zero-order valence-electron chi connectivity index (χ0n) is 7.24. The second-order valence-electron chi connectivity index (χ2n) is 2.77. The lowest BCUT2D eigenvalue weighted by atomic mass is 10.2. The van der Waals surface area contributed by atoms with Gasteiger partial charge in [0.25, 0.3) is 0 Å². The van der Waals surface area contributed by atoms with Crippen LogP contribution in [0.5, 0.6) is 0 Å². The summed E-state index contributed by atoms with van der Waals surface area (Å²) < 4.78 is 1.88. The monoisotopic (exact) mass is 266 g/mol. The van der Waals surface area contributed by atoms with Crippen LogP contribution in [0.2, 0.25) is 0 Å². The third-order valence-corrected chi connectivity index (χ3v) is 2.43. The molecule has 0 heterocycles. The molecule has 0 aliphatic heterocycles. The van der Waals surface area contributed by atoms with Gasteiger partial charge in [0.15, 0.2) is 0 Å². The zero-order valence-corrected chi connectivity index (χ0v) is 10.3. The topological polar surface area (TPSA) is 26.3 Å². The van der Waals surface area contributed by atoms with Gasteiger partial charge in [0.05, 0.1) is 7.11 Å². The highest BCUT2D eigenvalue weighted by molar-refractivity contribution is 6.57. The van der Waals surface area contributed by atoms with Crippen LogP contribution in [0.4, 0.5) is 0 Å². The Morgan fingerprint density at radius 3 is 2.00 bits per heavy atom. The second-order valence-corrected chi connectivity index (χ2v) is 6.11. The molecule has 6 heteroatoms. The van der Waals surface area contributed by atoms with Crippen LogP contribution < -0.4 is 0 Å². The quantitative estimate of drug-likeness (QED) is 0.577. The minimum absolute atomic E-state index is 0.145. The molecule has 13 heavy (non-hydrogen) atoms. The molecule has 0 aromatic carbocycles. The first kappa shape index (κ1) is 13.6. The summed E-state index contributed by atoms with van der Waals surface area (Å²) in [7, 11) is 1.21. The lowest BCUT2D eigenvalue weighted by Gasteiger charge is -2.20. The minimum Gasteiger partial charge on any atom is -0.467 e. The van der Waals surface area contributed by atoms with Gasteiger partial charge in [-0.1, -0.05) is 23.2 Å². The lowest BCUT2D eigenvalue weighted by Crippen LogP contribution is -2.29. The number of alkyl halides is 4. The standard InChI is InChI=1S/C7H10Cl4O2/c1-6(8,9)3-4-7(10,11)5(12)13-2/h3-4H2,1-2H3. The van der Waals surface area contributed by atoms with Gasteiger partial charge in [-0.15, -0.1) is 23.2 Å². The Balaban J connectivity index is 4.11. The molecule has 0 aromatic rings. The van der Waals surface area contributed by atoms with Crippen LogP contribution >= 0.6 is 46.4 Å². The number of methoxy groups -OCH3 is 1. The van der Waals surface area contributed by atoms with E-state index in [2.05, 4.69) is 4.74 Å². The van der Waals surface area contributed by atoms with E-state index in [1.165, 1.54) is 7.11 Å². The van der Waals surface area contributed by atoms with Crippen molar-refractivity contribution in [3.63, 3.8) is 0 Å².